The van der Waals surface area contributed by atoms with Gasteiger partial charge in [0, 0.05) is 6.04 Å². The molecule has 86 valence electrons. The molecule has 2 heteroatoms. The second-order valence-corrected chi connectivity index (χ2v) is 5.42. The monoisotopic (exact) mass is 217 g/mol. The van der Waals surface area contributed by atoms with Gasteiger partial charge >= 0.3 is 0 Å². The zero-order valence-electron chi connectivity index (χ0n) is 10.3. The van der Waals surface area contributed by atoms with Crippen LogP contribution < -0.4 is 5.32 Å². The maximum atomic E-state index is 3.52. The van der Waals surface area contributed by atoms with Gasteiger partial charge in [0.15, 0.2) is 0 Å². The van der Waals surface area contributed by atoms with Crippen molar-refractivity contribution in [2.24, 2.45) is 5.92 Å². The summed E-state index contributed by atoms with van der Waals surface area (Å²) in [5.41, 5.74) is 0. The molecule has 0 saturated carbocycles. The van der Waals surface area contributed by atoms with Crippen LogP contribution in [0.3, 0.4) is 0 Å². The zero-order valence-corrected chi connectivity index (χ0v) is 11.1. The summed E-state index contributed by atoms with van der Waals surface area (Å²) in [6, 6.07) is 0.750. The minimum atomic E-state index is 0.750. The van der Waals surface area contributed by atoms with E-state index in [0.29, 0.717) is 0 Å². The zero-order chi connectivity index (χ0) is 10.8. The number of nitrogens with one attached hydrogen (secondary N) is 1. The lowest BCUT2D eigenvalue weighted by Gasteiger charge is -2.15. The lowest BCUT2D eigenvalue weighted by Crippen LogP contribution is -2.28. The number of thioether (sulfide) groups is 1. The van der Waals surface area contributed by atoms with Crippen LogP contribution in [0.15, 0.2) is 0 Å². The Morgan fingerprint density at radius 2 is 1.93 bits per heavy atom. The van der Waals surface area contributed by atoms with Crippen molar-refractivity contribution in [1.29, 1.82) is 0 Å². The first kappa shape index (κ1) is 14.3. The lowest BCUT2D eigenvalue weighted by molar-refractivity contribution is 0.477. The molecule has 0 amide bonds. The summed E-state index contributed by atoms with van der Waals surface area (Å²) in [5.74, 6) is 3.49. The molecule has 0 radical (unpaired) electrons. The Morgan fingerprint density at radius 1 is 1.21 bits per heavy atom. The predicted molar refractivity (Wildman–Crippen MR) is 69.2 cm³/mol. The highest BCUT2D eigenvalue weighted by Gasteiger charge is 2.03. The summed E-state index contributed by atoms with van der Waals surface area (Å²) in [7, 11) is 0. The summed E-state index contributed by atoms with van der Waals surface area (Å²) >= 11 is 2.10. The van der Waals surface area contributed by atoms with Crippen LogP contribution >= 0.6 is 11.8 Å². The Hall–Kier alpha value is 0.310. The van der Waals surface area contributed by atoms with Crippen molar-refractivity contribution < 1.29 is 0 Å². The van der Waals surface area contributed by atoms with Gasteiger partial charge in [0.05, 0.1) is 0 Å². The standard InChI is InChI=1S/C12H27NS/c1-5-12(13-6-2)8-7-9-14-10-11(3)4/h11-13H,5-10H2,1-4H3. The van der Waals surface area contributed by atoms with E-state index in [1.165, 1.54) is 30.8 Å². The minimum Gasteiger partial charge on any atom is -0.314 e. The third-order valence-corrected chi connectivity index (χ3v) is 3.76. The van der Waals surface area contributed by atoms with Gasteiger partial charge in [-0.3, -0.25) is 0 Å². The number of rotatable bonds is 9. The fourth-order valence-corrected chi connectivity index (χ4v) is 2.50. The largest absolute Gasteiger partial charge is 0.314 e. The third kappa shape index (κ3) is 8.89. The van der Waals surface area contributed by atoms with Gasteiger partial charge in [0.25, 0.3) is 0 Å². The molecule has 1 unspecified atom stereocenters. The minimum absolute atomic E-state index is 0.750. The van der Waals surface area contributed by atoms with Crippen LogP contribution in [0.1, 0.15) is 47.0 Å². The van der Waals surface area contributed by atoms with E-state index in [2.05, 4.69) is 44.8 Å². The molecule has 0 fully saturated rings. The van der Waals surface area contributed by atoms with Gasteiger partial charge in [-0.05, 0) is 43.2 Å². The smallest absolute Gasteiger partial charge is 0.00646 e. The summed E-state index contributed by atoms with van der Waals surface area (Å²) in [6.45, 7) is 10.2. The summed E-state index contributed by atoms with van der Waals surface area (Å²) in [5, 5.41) is 3.52. The van der Waals surface area contributed by atoms with Crippen molar-refractivity contribution in [3.05, 3.63) is 0 Å². The Morgan fingerprint density at radius 3 is 2.43 bits per heavy atom. The highest BCUT2D eigenvalue weighted by atomic mass is 32.2. The maximum absolute atomic E-state index is 3.52. The number of hydrogen-bond donors (Lipinski definition) is 1. The molecule has 0 saturated heterocycles. The summed E-state index contributed by atoms with van der Waals surface area (Å²) in [6.07, 6.45) is 3.97. The molecule has 0 bridgehead atoms. The third-order valence-electron chi connectivity index (χ3n) is 2.28. The van der Waals surface area contributed by atoms with Gasteiger partial charge in [-0.15, -0.1) is 0 Å². The maximum Gasteiger partial charge on any atom is 0.00646 e. The Balaban J connectivity index is 3.24. The molecule has 0 aliphatic rings. The first-order chi connectivity index (χ1) is 6.70. The molecule has 0 aliphatic carbocycles. The second-order valence-electron chi connectivity index (χ2n) is 4.27. The Labute approximate surface area is 94.4 Å². The molecule has 0 rings (SSSR count). The first-order valence-electron chi connectivity index (χ1n) is 6.01. The van der Waals surface area contributed by atoms with Crippen molar-refractivity contribution in [1.82, 2.24) is 5.32 Å². The lowest BCUT2D eigenvalue weighted by atomic mass is 10.1. The Bertz CT molecular complexity index is 115. The van der Waals surface area contributed by atoms with Crippen LogP contribution in [0.2, 0.25) is 0 Å². The molecule has 0 aromatic rings. The topological polar surface area (TPSA) is 12.0 Å². The van der Waals surface area contributed by atoms with Crippen LogP contribution in [0, 0.1) is 5.92 Å². The van der Waals surface area contributed by atoms with E-state index < -0.39 is 0 Å². The fraction of sp³-hybridized carbons (Fsp3) is 1.00. The van der Waals surface area contributed by atoms with Gasteiger partial charge in [-0.25, -0.2) is 0 Å². The van der Waals surface area contributed by atoms with E-state index in [4.69, 9.17) is 0 Å². The summed E-state index contributed by atoms with van der Waals surface area (Å²) < 4.78 is 0. The molecular formula is C12H27NS. The van der Waals surface area contributed by atoms with Crippen LogP contribution in [0.4, 0.5) is 0 Å². The molecular weight excluding hydrogens is 190 g/mol. The first-order valence-corrected chi connectivity index (χ1v) is 7.17. The van der Waals surface area contributed by atoms with Crippen molar-refractivity contribution in [2.75, 3.05) is 18.1 Å². The van der Waals surface area contributed by atoms with Crippen molar-refractivity contribution in [2.45, 2.75) is 53.0 Å². The van der Waals surface area contributed by atoms with Crippen LogP contribution in [0.5, 0.6) is 0 Å². The van der Waals surface area contributed by atoms with E-state index >= 15 is 0 Å². The molecule has 0 aliphatic heterocycles. The van der Waals surface area contributed by atoms with Gasteiger partial charge in [0.2, 0.25) is 0 Å². The molecule has 0 aromatic heterocycles. The quantitative estimate of drug-likeness (QED) is 0.593. The summed E-state index contributed by atoms with van der Waals surface area (Å²) in [4.78, 5) is 0. The highest BCUT2D eigenvalue weighted by molar-refractivity contribution is 7.99. The SMILES string of the molecule is CCNC(CC)CCCSCC(C)C. The van der Waals surface area contributed by atoms with Crippen LogP contribution in [-0.2, 0) is 0 Å². The van der Waals surface area contributed by atoms with E-state index in [1.807, 2.05) is 0 Å². The molecule has 1 N–H and O–H groups in total. The molecule has 0 spiro atoms. The fourth-order valence-electron chi connectivity index (χ4n) is 1.49. The van der Waals surface area contributed by atoms with E-state index in [0.717, 1.165) is 18.5 Å². The van der Waals surface area contributed by atoms with Gasteiger partial charge in [0.1, 0.15) is 0 Å². The molecule has 1 atom stereocenters. The predicted octanol–water partition coefficient (Wildman–Crippen LogP) is 3.54. The highest BCUT2D eigenvalue weighted by Crippen LogP contribution is 2.11. The van der Waals surface area contributed by atoms with Crippen LogP contribution in [-0.4, -0.2) is 24.1 Å². The van der Waals surface area contributed by atoms with E-state index in [9.17, 15) is 0 Å². The van der Waals surface area contributed by atoms with Gasteiger partial charge in [-0.2, -0.15) is 11.8 Å². The van der Waals surface area contributed by atoms with E-state index in [-0.39, 0.29) is 0 Å². The normalized spacial score (nSPS) is 13.5. The molecule has 0 aromatic carbocycles. The average molecular weight is 217 g/mol. The van der Waals surface area contributed by atoms with Crippen molar-refractivity contribution in [3.63, 3.8) is 0 Å². The number of hydrogen-bond acceptors (Lipinski definition) is 2. The second kappa shape index (κ2) is 9.85. The molecule has 1 nitrogen and oxygen atoms in total. The van der Waals surface area contributed by atoms with Gasteiger partial charge in [-0.1, -0.05) is 27.7 Å². The van der Waals surface area contributed by atoms with Crippen LogP contribution in [0.25, 0.3) is 0 Å². The molecule has 14 heavy (non-hydrogen) atoms. The molecule has 0 heterocycles. The van der Waals surface area contributed by atoms with Crippen molar-refractivity contribution in [3.8, 4) is 0 Å². The van der Waals surface area contributed by atoms with Crippen molar-refractivity contribution >= 4 is 11.8 Å². The van der Waals surface area contributed by atoms with E-state index in [1.54, 1.807) is 0 Å². The average Bonchev–Trinajstić information content (AvgIpc) is 2.15. The van der Waals surface area contributed by atoms with Gasteiger partial charge < -0.3 is 5.32 Å². The Kier molecular flexibility index (Phi) is 10.1.